The van der Waals surface area contributed by atoms with Gasteiger partial charge in [-0.05, 0) is 27.2 Å². The SMILES string of the molecule is CC(C)(C)OC(=O)N[C@H]1CCN(C(=O)O)C[C@H]1O. The van der Waals surface area contributed by atoms with E-state index in [9.17, 15) is 14.7 Å². The highest BCUT2D eigenvalue weighted by atomic mass is 16.6. The highest BCUT2D eigenvalue weighted by Gasteiger charge is 2.32. The fraction of sp³-hybridized carbons (Fsp3) is 0.818. The van der Waals surface area contributed by atoms with Gasteiger partial charge in [-0.15, -0.1) is 0 Å². The second-order valence-corrected chi connectivity index (χ2v) is 5.34. The molecule has 7 nitrogen and oxygen atoms in total. The quantitative estimate of drug-likeness (QED) is 0.642. The Bertz CT molecular complexity index is 326. The Morgan fingerprint density at radius 1 is 1.39 bits per heavy atom. The summed E-state index contributed by atoms with van der Waals surface area (Å²) < 4.78 is 5.07. The first-order chi connectivity index (χ1) is 8.19. The summed E-state index contributed by atoms with van der Waals surface area (Å²) in [6.07, 6.45) is -2.21. The summed E-state index contributed by atoms with van der Waals surface area (Å²) >= 11 is 0. The number of hydrogen-bond donors (Lipinski definition) is 3. The van der Waals surface area contributed by atoms with Crippen LogP contribution in [0.25, 0.3) is 0 Å². The molecule has 1 heterocycles. The zero-order chi connectivity index (χ0) is 13.9. The van der Waals surface area contributed by atoms with E-state index < -0.39 is 29.9 Å². The van der Waals surface area contributed by atoms with Crippen molar-refractivity contribution < 1.29 is 24.5 Å². The van der Waals surface area contributed by atoms with Crippen LogP contribution >= 0.6 is 0 Å². The second kappa shape index (κ2) is 5.43. The first-order valence-electron chi connectivity index (χ1n) is 5.84. The molecule has 0 aromatic carbocycles. The molecule has 3 N–H and O–H groups in total. The van der Waals surface area contributed by atoms with E-state index in [0.29, 0.717) is 6.42 Å². The molecule has 1 fully saturated rings. The maximum absolute atomic E-state index is 11.5. The molecule has 0 bridgehead atoms. The van der Waals surface area contributed by atoms with Crippen molar-refractivity contribution in [3.63, 3.8) is 0 Å². The Kier molecular flexibility index (Phi) is 4.39. The maximum atomic E-state index is 11.5. The monoisotopic (exact) mass is 260 g/mol. The molecule has 1 rings (SSSR count). The van der Waals surface area contributed by atoms with E-state index in [1.165, 1.54) is 0 Å². The van der Waals surface area contributed by atoms with E-state index in [0.717, 1.165) is 4.90 Å². The molecule has 0 spiro atoms. The van der Waals surface area contributed by atoms with Crippen LogP contribution in [-0.2, 0) is 4.74 Å². The van der Waals surface area contributed by atoms with Gasteiger partial charge in [-0.1, -0.05) is 0 Å². The minimum atomic E-state index is -1.07. The van der Waals surface area contributed by atoms with E-state index in [1.807, 2.05) is 0 Å². The third-order valence-corrected chi connectivity index (χ3v) is 2.55. The van der Waals surface area contributed by atoms with Gasteiger partial charge in [0.25, 0.3) is 0 Å². The van der Waals surface area contributed by atoms with Crippen LogP contribution in [0.5, 0.6) is 0 Å². The van der Waals surface area contributed by atoms with Crippen molar-refractivity contribution >= 4 is 12.2 Å². The van der Waals surface area contributed by atoms with Gasteiger partial charge >= 0.3 is 12.2 Å². The molecule has 1 aliphatic rings. The van der Waals surface area contributed by atoms with Crippen LogP contribution in [0.3, 0.4) is 0 Å². The van der Waals surface area contributed by atoms with Gasteiger partial charge in [-0.25, -0.2) is 9.59 Å². The molecule has 0 unspecified atom stereocenters. The van der Waals surface area contributed by atoms with E-state index in [-0.39, 0.29) is 13.1 Å². The number of piperidine rings is 1. The highest BCUT2D eigenvalue weighted by molar-refractivity contribution is 5.68. The van der Waals surface area contributed by atoms with Crippen LogP contribution < -0.4 is 5.32 Å². The zero-order valence-electron chi connectivity index (χ0n) is 10.8. The predicted molar refractivity (Wildman–Crippen MR) is 63.4 cm³/mol. The van der Waals surface area contributed by atoms with Gasteiger partial charge in [0.2, 0.25) is 0 Å². The first kappa shape index (κ1) is 14.6. The van der Waals surface area contributed by atoms with Gasteiger partial charge in [0.1, 0.15) is 5.60 Å². The molecule has 2 amide bonds. The number of amides is 2. The van der Waals surface area contributed by atoms with Crippen LogP contribution in [0, 0.1) is 0 Å². The van der Waals surface area contributed by atoms with E-state index in [2.05, 4.69) is 5.32 Å². The third kappa shape index (κ3) is 4.40. The van der Waals surface area contributed by atoms with Crippen molar-refractivity contribution in [2.45, 2.75) is 44.9 Å². The molecule has 1 aliphatic heterocycles. The number of rotatable bonds is 1. The minimum Gasteiger partial charge on any atom is -0.465 e. The molecule has 1 saturated heterocycles. The number of nitrogens with one attached hydrogen (secondary N) is 1. The van der Waals surface area contributed by atoms with Gasteiger partial charge in [0, 0.05) is 6.54 Å². The van der Waals surface area contributed by atoms with Crippen LogP contribution in [0.4, 0.5) is 9.59 Å². The zero-order valence-corrected chi connectivity index (χ0v) is 10.8. The largest absolute Gasteiger partial charge is 0.465 e. The van der Waals surface area contributed by atoms with E-state index in [1.54, 1.807) is 20.8 Å². The summed E-state index contributed by atoms with van der Waals surface area (Å²) in [5.74, 6) is 0. The van der Waals surface area contributed by atoms with Crippen LogP contribution in [0.2, 0.25) is 0 Å². The summed E-state index contributed by atoms with van der Waals surface area (Å²) in [5.41, 5.74) is -0.600. The van der Waals surface area contributed by atoms with Crippen LogP contribution in [-0.4, -0.2) is 58.1 Å². The van der Waals surface area contributed by atoms with Crippen molar-refractivity contribution in [2.24, 2.45) is 0 Å². The number of likely N-dealkylation sites (tertiary alicyclic amines) is 1. The Morgan fingerprint density at radius 2 is 2.00 bits per heavy atom. The number of carbonyl (C=O) groups is 2. The van der Waals surface area contributed by atoms with Gasteiger partial charge in [0.15, 0.2) is 0 Å². The van der Waals surface area contributed by atoms with Crippen molar-refractivity contribution in [2.75, 3.05) is 13.1 Å². The van der Waals surface area contributed by atoms with Gasteiger partial charge < -0.3 is 25.2 Å². The summed E-state index contributed by atoms with van der Waals surface area (Å²) in [5, 5.41) is 21.1. The summed E-state index contributed by atoms with van der Waals surface area (Å²) in [4.78, 5) is 23.4. The standard InChI is InChI=1S/C11H20N2O5/c1-11(2,3)18-9(15)12-7-4-5-13(10(16)17)6-8(7)14/h7-8,14H,4-6H2,1-3H3,(H,12,15)(H,16,17)/t7-,8+/m0/s1. The number of ether oxygens (including phenoxy) is 1. The number of nitrogens with zero attached hydrogens (tertiary/aromatic N) is 1. The maximum Gasteiger partial charge on any atom is 0.407 e. The lowest BCUT2D eigenvalue weighted by molar-refractivity contribution is 0.0223. The highest BCUT2D eigenvalue weighted by Crippen LogP contribution is 2.13. The predicted octanol–water partition coefficient (Wildman–Crippen LogP) is 0.624. The Hall–Kier alpha value is -1.50. The summed E-state index contributed by atoms with van der Waals surface area (Å²) in [7, 11) is 0. The number of β-amino-alcohol motifs (C(OH)–C–C–N with tert-alkyl or cyclic N) is 1. The van der Waals surface area contributed by atoms with Gasteiger partial charge in [-0.2, -0.15) is 0 Å². The van der Waals surface area contributed by atoms with Crippen molar-refractivity contribution in [1.29, 1.82) is 0 Å². The molecular weight excluding hydrogens is 240 g/mol. The number of carboxylic acid groups (broad SMARTS) is 1. The Labute approximate surface area is 106 Å². The van der Waals surface area contributed by atoms with Gasteiger partial charge in [0.05, 0.1) is 18.7 Å². The molecule has 0 aromatic rings. The normalized spacial score (nSPS) is 24.6. The lowest BCUT2D eigenvalue weighted by Crippen LogP contribution is -2.55. The molecular formula is C11H20N2O5. The molecule has 0 saturated carbocycles. The Morgan fingerprint density at radius 3 is 2.44 bits per heavy atom. The number of aliphatic hydroxyl groups is 1. The molecule has 2 atom stereocenters. The summed E-state index contributed by atoms with van der Waals surface area (Å²) in [6, 6.07) is -0.476. The fourth-order valence-corrected chi connectivity index (χ4v) is 1.73. The van der Waals surface area contributed by atoms with Crippen LogP contribution in [0.1, 0.15) is 27.2 Å². The molecule has 18 heavy (non-hydrogen) atoms. The first-order valence-corrected chi connectivity index (χ1v) is 5.84. The molecule has 0 aliphatic carbocycles. The van der Waals surface area contributed by atoms with E-state index >= 15 is 0 Å². The fourth-order valence-electron chi connectivity index (χ4n) is 1.73. The molecule has 104 valence electrons. The molecule has 0 aromatic heterocycles. The second-order valence-electron chi connectivity index (χ2n) is 5.34. The molecule has 0 radical (unpaired) electrons. The number of carbonyl (C=O) groups excluding carboxylic acids is 1. The summed E-state index contributed by atoms with van der Waals surface area (Å²) in [6.45, 7) is 5.52. The van der Waals surface area contributed by atoms with Gasteiger partial charge in [-0.3, -0.25) is 0 Å². The average Bonchev–Trinajstić information content (AvgIpc) is 2.17. The number of aliphatic hydroxyl groups excluding tert-OH is 1. The van der Waals surface area contributed by atoms with Crippen molar-refractivity contribution in [1.82, 2.24) is 10.2 Å². The van der Waals surface area contributed by atoms with E-state index in [4.69, 9.17) is 9.84 Å². The number of alkyl carbamates (subject to hydrolysis) is 1. The van der Waals surface area contributed by atoms with Crippen LogP contribution in [0.15, 0.2) is 0 Å². The van der Waals surface area contributed by atoms with Crippen molar-refractivity contribution in [3.8, 4) is 0 Å². The third-order valence-electron chi connectivity index (χ3n) is 2.55. The van der Waals surface area contributed by atoms with Crippen molar-refractivity contribution in [3.05, 3.63) is 0 Å². The number of hydrogen-bond acceptors (Lipinski definition) is 4. The lowest BCUT2D eigenvalue weighted by atomic mass is 10.0. The minimum absolute atomic E-state index is 0.00417. The molecule has 7 heteroatoms. The smallest absolute Gasteiger partial charge is 0.407 e. The Balaban J connectivity index is 2.45. The lowest BCUT2D eigenvalue weighted by Gasteiger charge is -2.34. The average molecular weight is 260 g/mol. The topological polar surface area (TPSA) is 99.1 Å².